The highest BCUT2D eigenvalue weighted by molar-refractivity contribution is 8.00. The smallest absolute Gasteiger partial charge is 0.316 e. The van der Waals surface area contributed by atoms with E-state index in [4.69, 9.17) is 35.0 Å². The number of aliphatic carboxylic acids is 3. The number of rotatable bonds is 56. The summed E-state index contributed by atoms with van der Waals surface area (Å²) in [7, 11) is -2.83. The molecule has 15 nitrogen and oxygen atoms in total. The number of aryl methyl sites for hydroxylation is 2. The average Bonchev–Trinajstić information content (AvgIpc) is 0.852. The Morgan fingerprint density at radius 3 is 0.930 bits per heavy atom. The number of carbonyl (C=O) groups excluding carboxylic acids is 2. The van der Waals surface area contributed by atoms with Crippen molar-refractivity contribution in [3.05, 3.63) is 94.0 Å². The fourth-order valence-electron chi connectivity index (χ4n) is 7.75. The maximum absolute atomic E-state index is 10.7. The van der Waals surface area contributed by atoms with Gasteiger partial charge in [0.05, 0.1) is 60.6 Å². The molecular formula is C84H163NO14S30. The molecule has 0 heterocycles. The molecule has 3 aromatic carbocycles. The van der Waals surface area contributed by atoms with Gasteiger partial charge in [-0.15, -0.1) is 25.3 Å². The van der Waals surface area contributed by atoms with Crippen molar-refractivity contribution in [2.75, 3.05) is 159 Å². The summed E-state index contributed by atoms with van der Waals surface area (Å²) >= 11 is 114. The summed E-state index contributed by atoms with van der Waals surface area (Å²) in [6, 6.07) is 20.4. The number of carbonyl (C=O) groups is 5. The van der Waals surface area contributed by atoms with Crippen LogP contribution in [0.3, 0.4) is 0 Å². The van der Waals surface area contributed by atoms with Crippen LogP contribution in [0.15, 0.2) is 70.5 Å². The van der Waals surface area contributed by atoms with Crippen LogP contribution in [0, 0.1) is 13.8 Å². The van der Waals surface area contributed by atoms with Crippen LogP contribution >= 0.6 is 365 Å². The minimum Gasteiger partial charge on any atom is -0.481 e. The van der Waals surface area contributed by atoms with Crippen molar-refractivity contribution in [2.24, 2.45) is 0 Å². The van der Waals surface area contributed by atoms with E-state index in [1.807, 2.05) is 36.0 Å². The summed E-state index contributed by atoms with van der Waals surface area (Å²) in [4.78, 5) is 54.0. The number of imide groups is 1. The standard InChI is InChI=1S/C10H14S2.C10H22S2.C8H16O2S2.C8H10S2.C6H11NO2S2.C6H10O4S2.C6H14O2S2.C6H6S2.C5H12S2.C4H10O2S3.C4H10O2S2.C4H10S3.C4H10S2.C3H8S2/c1-7-3-9(5-11)10(6-12)4-8(7)2;11-9-7-5-3-1-2-4-6-8-10-12;9-8(10)4-2-1-3-7(12)5-6-11;9-5-7-1-2-8(6-10)4-3-7;8-5(1-3-10)7-6(9)2-4-11;7-5(8)3(11)1-2-4(12)6(9)10;9-5-3-7-1-2-8-4-6-10;7-5-2-1-3-6(8)4-5;6-4-2-1-3-5-7;5-9(6,3-1-7)4-2-8;5-3(1-7)4(6)2-8;5-1-3-7-4-2-6;5-3-1-2-4-6;4-2-1-3-5/h3-4,11-12H,5-6H2,1-2H3;11-12H,1-10H2;7,11-12H,1-6H2,(H,9,10);1-4,9-10H,5-6H2;10-11H,1-4H2,(H,7,8,9);3-4,11-12H,1-2H2,(H,7,8)(H,9,10);9-10H,1-6H2;1-4,7-8H;6-7H,1-5H2;7-8H,1-4H2;3-8H,1-2H2;5-6H,1-4H2;5-6H,1-4H2;4-5H,1-3H2/t;;;;;3-,4+;;;;;3-,4+;;;. The summed E-state index contributed by atoms with van der Waals surface area (Å²) in [6.45, 7) is 6.98. The molecule has 45 heteroatoms. The second-order valence-corrected chi connectivity index (χ2v) is 42.4. The van der Waals surface area contributed by atoms with Crippen molar-refractivity contribution >= 4 is 405 Å². The molecule has 0 spiro atoms. The zero-order valence-corrected chi connectivity index (χ0v) is 102. The van der Waals surface area contributed by atoms with E-state index < -0.39 is 50.5 Å². The topological polar surface area (TPSA) is 251 Å². The molecule has 129 heavy (non-hydrogen) atoms. The van der Waals surface area contributed by atoms with Gasteiger partial charge in [0.25, 0.3) is 0 Å². The minimum atomic E-state index is -2.83. The third kappa shape index (κ3) is 142. The number of sulfone groups is 1. The van der Waals surface area contributed by atoms with E-state index in [0.717, 1.165) is 151 Å². The van der Waals surface area contributed by atoms with Gasteiger partial charge in [0.15, 0.2) is 9.84 Å². The molecule has 0 aliphatic carbocycles. The van der Waals surface area contributed by atoms with E-state index in [1.165, 1.54) is 117 Å². The van der Waals surface area contributed by atoms with Crippen molar-refractivity contribution in [2.45, 2.75) is 222 Å². The third-order valence-electron chi connectivity index (χ3n) is 15.0. The Bertz CT molecular complexity index is 2750. The number of unbranched alkanes of at least 4 members (excludes halogenated alkanes) is 11. The fraction of sp³-hybridized carbons (Fsp3) is 0.726. The molecule has 0 bridgehead atoms. The van der Waals surface area contributed by atoms with E-state index >= 15 is 0 Å². The van der Waals surface area contributed by atoms with Crippen molar-refractivity contribution in [1.82, 2.24) is 5.32 Å². The van der Waals surface area contributed by atoms with Crippen LogP contribution in [0.2, 0.25) is 0 Å². The first-order chi connectivity index (χ1) is 61.5. The molecule has 3 rings (SSSR count). The number of carboxylic acid groups (broad SMARTS) is 3. The lowest BCUT2D eigenvalue weighted by Gasteiger charge is -2.11. The Hall–Kier alpha value is 5.15. The highest BCUT2D eigenvalue weighted by Gasteiger charge is 2.18. The molecule has 0 saturated carbocycles. The molecule has 768 valence electrons. The van der Waals surface area contributed by atoms with E-state index in [9.17, 15) is 32.4 Å². The summed E-state index contributed by atoms with van der Waals surface area (Å²) in [5.74, 6) is 17.3. The molecule has 6 N–H and O–H groups in total. The molecule has 0 aliphatic rings. The highest BCUT2D eigenvalue weighted by Crippen LogP contribution is 2.20. The average molecular weight is 2370 g/mol. The predicted octanol–water partition coefficient (Wildman–Crippen LogP) is 22.2. The van der Waals surface area contributed by atoms with Crippen molar-refractivity contribution in [1.29, 1.82) is 0 Å². The molecule has 0 fully saturated rings. The van der Waals surface area contributed by atoms with Crippen LogP contribution in [-0.2, 0) is 66.3 Å². The van der Waals surface area contributed by atoms with Crippen molar-refractivity contribution in [3.63, 3.8) is 0 Å². The second-order valence-electron chi connectivity index (χ2n) is 26.3. The van der Waals surface area contributed by atoms with Gasteiger partial charge in [0.1, 0.15) is 0 Å². The molecular weight excluding hydrogens is 2210 g/mol. The van der Waals surface area contributed by atoms with Crippen molar-refractivity contribution in [3.8, 4) is 0 Å². The van der Waals surface area contributed by atoms with Crippen LogP contribution in [0.4, 0.5) is 0 Å². The lowest BCUT2D eigenvalue weighted by atomic mass is 10.0. The monoisotopic (exact) mass is 2370 g/mol. The molecule has 2 amide bonds. The van der Waals surface area contributed by atoms with Gasteiger partial charge in [-0.05, 0) is 217 Å². The van der Waals surface area contributed by atoms with Gasteiger partial charge >= 0.3 is 17.9 Å². The van der Waals surface area contributed by atoms with Gasteiger partial charge in [-0.3, -0.25) is 29.3 Å². The Labute approximate surface area is 940 Å². The number of nitrogens with one attached hydrogen (secondary N) is 1. The number of thiol groups is 28. The maximum Gasteiger partial charge on any atom is 0.316 e. The number of amides is 2. The lowest BCUT2D eigenvalue weighted by Crippen LogP contribution is -2.30. The third-order valence-corrected chi connectivity index (χ3v) is 27.5. The number of aliphatic hydroxyl groups excluding tert-OH is 2. The summed E-state index contributed by atoms with van der Waals surface area (Å²) in [5, 5.41) is 43.6. The number of carboxylic acids is 3. The van der Waals surface area contributed by atoms with E-state index in [0.29, 0.717) is 54.7 Å². The SMILES string of the molecule is Cc1cc(CS)c(CS)cc1C.O=C(CCS)NC(=O)CCS.O=C(O)CCCCC(S)CCS.O=C(O)[C@H](S)CC[C@H](S)C(=O)O.O=S(=O)(CCS)CCS.O[C@H](CS)[C@@H](O)CS.SCCCCCCCCCCS.SCCCCCS.SCCCCS.SCCCS.SCCOCCOCCS.SCCSCCS.SCc1ccc(CS)cc1.Sc1cccc(S)c1. The Morgan fingerprint density at radius 1 is 0.364 bits per heavy atom. The van der Waals surface area contributed by atoms with Gasteiger partial charge in [-0.25, -0.2) is 8.42 Å². The molecule has 0 saturated heterocycles. The zero-order valence-electron chi connectivity index (χ0n) is 75.1. The van der Waals surface area contributed by atoms with E-state index in [2.05, 4.69) is 409 Å². The second kappa shape index (κ2) is 131. The Balaban J connectivity index is -0.000000130. The minimum absolute atomic E-state index is 0.163. The largest absolute Gasteiger partial charge is 0.481 e. The number of thioether (sulfide) groups is 1. The van der Waals surface area contributed by atoms with Gasteiger partial charge in [-0.1, -0.05) is 93.8 Å². The zero-order chi connectivity index (χ0) is 101. The number of ether oxygens (including phenoxy) is 2. The Kier molecular flexibility index (Phi) is 159. The Morgan fingerprint density at radius 2 is 0.690 bits per heavy atom. The van der Waals surface area contributed by atoms with Gasteiger partial charge < -0.3 is 35.0 Å². The van der Waals surface area contributed by atoms with Crippen LogP contribution in [0.1, 0.15) is 181 Å². The normalized spacial score (nSPS) is 11.2. The fourth-order valence-corrected chi connectivity index (χ4v) is 17.2. The van der Waals surface area contributed by atoms with Crippen LogP contribution in [0.25, 0.3) is 0 Å². The first-order valence-electron chi connectivity index (χ1n) is 42.0. The first kappa shape index (κ1) is 157. The molecule has 1 unspecified atom stereocenters. The van der Waals surface area contributed by atoms with Crippen LogP contribution < -0.4 is 5.32 Å². The first-order valence-corrected chi connectivity index (χ1v) is 61.9. The highest BCUT2D eigenvalue weighted by atomic mass is 32.2. The van der Waals surface area contributed by atoms with Gasteiger partial charge in [0, 0.05) is 103 Å². The van der Waals surface area contributed by atoms with E-state index in [1.54, 1.807) is 0 Å². The number of benzene rings is 3. The van der Waals surface area contributed by atoms with Gasteiger partial charge in [0.2, 0.25) is 11.8 Å². The lowest BCUT2D eigenvalue weighted by molar-refractivity contribution is -0.138. The molecule has 0 aliphatic heterocycles. The number of aliphatic hydroxyl groups is 2. The predicted molar refractivity (Wildman–Crippen MR) is 667 cm³/mol. The van der Waals surface area contributed by atoms with Crippen LogP contribution in [0.5, 0.6) is 0 Å². The van der Waals surface area contributed by atoms with E-state index in [-0.39, 0.29) is 66.9 Å². The molecule has 3 aromatic rings. The summed E-state index contributed by atoms with van der Waals surface area (Å²) in [5.41, 5.74) is 7.80. The number of hydrogen-bond acceptors (Lipinski definition) is 40. The molecule has 5 atom stereocenters. The quantitative estimate of drug-likeness (QED) is 0.0185. The molecule has 0 aromatic heterocycles. The maximum atomic E-state index is 10.7. The summed E-state index contributed by atoms with van der Waals surface area (Å²) < 4.78 is 31.7. The van der Waals surface area contributed by atoms with Crippen LogP contribution in [-0.4, -0.2) is 250 Å². The van der Waals surface area contributed by atoms with Gasteiger partial charge in [-0.2, -0.15) is 340 Å². The molecule has 0 radical (unpaired) electrons. The number of hydrogen-bond donors (Lipinski definition) is 34. The van der Waals surface area contributed by atoms with Crippen molar-refractivity contribution < 1.29 is 67.4 Å². The summed E-state index contributed by atoms with van der Waals surface area (Å²) in [6.07, 6.45) is 21.7.